The SMILES string of the molecule is C=C/C(=C\C=C/C)C1(c2ccccc2)C=CC(C)(C)C1. The van der Waals surface area contributed by atoms with Gasteiger partial charge in [-0.2, -0.15) is 0 Å². The largest absolute Gasteiger partial charge is 0.0987 e. The molecule has 0 aliphatic heterocycles. The second kappa shape index (κ2) is 5.66. The summed E-state index contributed by atoms with van der Waals surface area (Å²) >= 11 is 0. The molecule has 1 atom stereocenters. The van der Waals surface area contributed by atoms with Crippen LogP contribution >= 0.6 is 0 Å². The molecule has 1 aromatic carbocycles. The minimum absolute atomic E-state index is 0.0496. The van der Waals surface area contributed by atoms with Gasteiger partial charge in [0.1, 0.15) is 0 Å². The average molecular weight is 264 g/mol. The van der Waals surface area contributed by atoms with Crippen molar-refractivity contribution in [3.05, 3.63) is 84.5 Å². The highest BCUT2D eigenvalue weighted by molar-refractivity contribution is 5.50. The Morgan fingerprint density at radius 1 is 1.15 bits per heavy atom. The highest BCUT2D eigenvalue weighted by atomic mass is 14.4. The molecule has 0 fully saturated rings. The maximum Gasteiger partial charge on any atom is 0.0389 e. The summed E-state index contributed by atoms with van der Waals surface area (Å²) in [6.45, 7) is 10.7. The Morgan fingerprint density at radius 3 is 2.35 bits per heavy atom. The summed E-state index contributed by atoms with van der Waals surface area (Å²) in [7, 11) is 0. The standard InChI is InChI=1S/C20H24/c1-5-7-11-17(6-2)20(15-14-19(3,4)16-20)18-12-9-8-10-13-18/h5-15H,2,16H2,1,3-4H3/b7-5-,17-11+. The molecule has 0 heterocycles. The zero-order valence-corrected chi connectivity index (χ0v) is 12.8. The van der Waals surface area contributed by atoms with Crippen LogP contribution in [-0.4, -0.2) is 0 Å². The third-order valence-corrected chi connectivity index (χ3v) is 4.05. The van der Waals surface area contributed by atoms with Crippen molar-refractivity contribution in [2.24, 2.45) is 5.41 Å². The monoisotopic (exact) mass is 264 g/mol. The molecule has 0 nitrogen and oxygen atoms in total. The zero-order valence-electron chi connectivity index (χ0n) is 12.8. The molecule has 104 valence electrons. The first-order valence-corrected chi connectivity index (χ1v) is 7.26. The van der Waals surface area contributed by atoms with Gasteiger partial charge in [0.15, 0.2) is 0 Å². The van der Waals surface area contributed by atoms with Gasteiger partial charge in [-0.25, -0.2) is 0 Å². The number of allylic oxidation sites excluding steroid dienone is 7. The van der Waals surface area contributed by atoms with E-state index in [1.807, 2.05) is 13.0 Å². The van der Waals surface area contributed by atoms with Crippen LogP contribution < -0.4 is 0 Å². The van der Waals surface area contributed by atoms with Crippen molar-refractivity contribution in [3.63, 3.8) is 0 Å². The minimum atomic E-state index is -0.0496. The number of benzene rings is 1. The van der Waals surface area contributed by atoms with E-state index < -0.39 is 0 Å². The van der Waals surface area contributed by atoms with Gasteiger partial charge in [-0.05, 0) is 29.9 Å². The smallest absolute Gasteiger partial charge is 0.0389 e. The summed E-state index contributed by atoms with van der Waals surface area (Å²) in [4.78, 5) is 0. The maximum absolute atomic E-state index is 4.04. The molecule has 0 aromatic heterocycles. The summed E-state index contributed by atoms with van der Waals surface area (Å²) in [6.07, 6.45) is 14.1. The highest BCUT2D eigenvalue weighted by Gasteiger charge is 2.41. The van der Waals surface area contributed by atoms with E-state index >= 15 is 0 Å². The average Bonchev–Trinajstić information content (AvgIpc) is 2.78. The Bertz CT molecular complexity index is 555. The summed E-state index contributed by atoms with van der Waals surface area (Å²) < 4.78 is 0. The van der Waals surface area contributed by atoms with Crippen LogP contribution in [0.5, 0.6) is 0 Å². The van der Waals surface area contributed by atoms with E-state index in [0.29, 0.717) is 0 Å². The zero-order chi connectivity index (χ0) is 14.6. The lowest BCUT2D eigenvalue weighted by Gasteiger charge is -2.33. The predicted octanol–water partition coefficient (Wildman–Crippen LogP) is 5.60. The molecule has 20 heavy (non-hydrogen) atoms. The van der Waals surface area contributed by atoms with Gasteiger partial charge in [-0.3, -0.25) is 0 Å². The lowest BCUT2D eigenvalue weighted by atomic mass is 9.70. The highest BCUT2D eigenvalue weighted by Crippen LogP contribution is 2.49. The molecule has 0 saturated carbocycles. The second-order valence-corrected chi connectivity index (χ2v) is 6.19. The molecule has 0 amide bonds. The van der Waals surface area contributed by atoms with E-state index in [4.69, 9.17) is 0 Å². The van der Waals surface area contributed by atoms with Crippen molar-refractivity contribution in [3.8, 4) is 0 Å². The van der Waals surface area contributed by atoms with Gasteiger partial charge in [0.2, 0.25) is 0 Å². The van der Waals surface area contributed by atoms with E-state index in [2.05, 4.69) is 81.1 Å². The van der Waals surface area contributed by atoms with Crippen molar-refractivity contribution >= 4 is 0 Å². The van der Waals surface area contributed by atoms with Crippen LogP contribution in [0, 0.1) is 5.41 Å². The van der Waals surface area contributed by atoms with Crippen LogP contribution in [0.2, 0.25) is 0 Å². The van der Waals surface area contributed by atoms with Gasteiger partial charge >= 0.3 is 0 Å². The minimum Gasteiger partial charge on any atom is -0.0987 e. The maximum atomic E-state index is 4.04. The molecule has 1 unspecified atom stereocenters. The van der Waals surface area contributed by atoms with Crippen molar-refractivity contribution in [1.82, 2.24) is 0 Å². The number of rotatable bonds is 4. The topological polar surface area (TPSA) is 0 Å². The van der Waals surface area contributed by atoms with Crippen LogP contribution in [0.25, 0.3) is 0 Å². The molecular weight excluding hydrogens is 240 g/mol. The number of hydrogen-bond acceptors (Lipinski definition) is 0. The first-order valence-electron chi connectivity index (χ1n) is 7.26. The van der Waals surface area contributed by atoms with Gasteiger partial charge in [0.05, 0.1) is 0 Å². The first-order chi connectivity index (χ1) is 9.54. The van der Waals surface area contributed by atoms with Gasteiger partial charge in [-0.1, -0.05) is 87.2 Å². The second-order valence-electron chi connectivity index (χ2n) is 6.19. The van der Waals surface area contributed by atoms with Crippen molar-refractivity contribution in [2.45, 2.75) is 32.6 Å². The number of hydrogen-bond donors (Lipinski definition) is 0. The molecule has 0 spiro atoms. The summed E-state index contributed by atoms with van der Waals surface area (Å²) in [5.74, 6) is 0. The summed E-state index contributed by atoms with van der Waals surface area (Å²) in [5, 5.41) is 0. The third kappa shape index (κ3) is 2.70. The predicted molar refractivity (Wildman–Crippen MR) is 88.8 cm³/mol. The van der Waals surface area contributed by atoms with Crippen LogP contribution in [0.1, 0.15) is 32.8 Å². The lowest BCUT2D eigenvalue weighted by Crippen LogP contribution is -2.26. The van der Waals surface area contributed by atoms with E-state index in [-0.39, 0.29) is 10.8 Å². The first kappa shape index (κ1) is 14.6. The molecule has 1 aliphatic rings. The fraction of sp³-hybridized carbons (Fsp3) is 0.300. The Morgan fingerprint density at radius 2 is 1.85 bits per heavy atom. The van der Waals surface area contributed by atoms with Gasteiger partial charge < -0.3 is 0 Å². The Labute approximate surface area is 123 Å². The van der Waals surface area contributed by atoms with Gasteiger partial charge in [0, 0.05) is 5.41 Å². The molecule has 2 rings (SSSR count). The molecule has 0 bridgehead atoms. The van der Waals surface area contributed by atoms with E-state index in [9.17, 15) is 0 Å². The van der Waals surface area contributed by atoms with Crippen LogP contribution in [0.15, 0.2) is 78.9 Å². The van der Waals surface area contributed by atoms with E-state index in [1.165, 1.54) is 11.1 Å². The normalized spacial score (nSPS) is 25.2. The van der Waals surface area contributed by atoms with E-state index in [1.54, 1.807) is 0 Å². The summed E-state index contributed by atoms with van der Waals surface area (Å²) in [5.41, 5.74) is 2.78. The molecular formula is C20H24. The van der Waals surface area contributed by atoms with Crippen LogP contribution in [0.4, 0.5) is 0 Å². The van der Waals surface area contributed by atoms with E-state index in [0.717, 1.165) is 6.42 Å². The van der Waals surface area contributed by atoms with Crippen molar-refractivity contribution in [2.75, 3.05) is 0 Å². The van der Waals surface area contributed by atoms with Crippen LogP contribution in [0.3, 0.4) is 0 Å². The molecule has 1 aliphatic carbocycles. The van der Waals surface area contributed by atoms with Crippen molar-refractivity contribution in [1.29, 1.82) is 0 Å². The Kier molecular flexibility index (Phi) is 4.13. The molecule has 0 radical (unpaired) electrons. The molecule has 1 aromatic rings. The van der Waals surface area contributed by atoms with Gasteiger partial charge in [0.25, 0.3) is 0 Å². The molecule has 0 saturated heterocycles. The lowest BCUT2D eigenvalue weighted by molar-refractivity contribution is 0.401. The fourth-order valence-electron chi connectivity index (χ4n) is 3.10. The Balaban J connectivity index is 2.58. The molecule has 0 N–H and O–H groups in total. The quantitative estimate of drug-likeness (QED) is 0.490. The van der Waals surface area contributed by atoms with Crippen molar-refractivity contribution < 1.29 is 0 Å². The molecule has 0 heteroatoms. The summed E-state index contributed by atoms with van der Waals surface area (Å²) in [6, 6.07) is 10.8. The third-order valence-electron chi connectivity index (χ3n) is 4.05. The Hall–Kier alpha value is -1.82. The van der Waals surface area contributed by atoms with Crippen LogP contribution in [-0.2, 0) is 5.41 Å². The van der Waals surface area contributed by atoms with Gasteiger partial charge in [-0.15, -0.1) is 0 Å². The fourth-order valence-corrected chi connectivity index (χ4v) is 3.10.